The second kappa shape index (κ2) is 8.10. The van der Waals surface area contributed by atoms with Gasteiger partial charge in [-0.3, -0.25) is 9.59 Å². The first-order valence-electron chi connectivity index (χ1n) is 7.58. The van der Waals surface area contributed by atoms with Crippen molar-refractivity contribution in [3.8, 4) is 11.6 Å². The van der Waals surface area contributed by atoms with Crippen LogP contribution in [0.3, 0.4) is 0 Å². The van der Waals surface area contributed by atoms with Gasteiger partial charge < -0.3 is 14.4 Å². The lowest BCUT2D eigenvalue weighted by Gasteiger charge is -2.25. The Kier molecular flexibility index (Phi) is 5.89. The number of aromatic nitrogens is 1. The number of hydrogen-bond acceptors (Lipinski definition) is 5. The number of pyridine rings is 1. The Morgan fingerprint density at radius 1 is 1.12 bits per heavy atom. The maximum atomic E-state index is 12.5. The van der Waals surface area contributed by atoms with Crippen molar-refractivity contribution < 1.29 is 19.1 Å². The number of benzene rings is 1. The molecule has 0 N–H and O–H groups in total. The summed E-state index contributed by atoms with van der Waals surface area (Å²) >= 11 is 0. The van der Waals surface area contributed by atoms with Crippen molar-refractivity contribution in [2.24, 2.45) is 0 Å². The average Bonchev–Trinajstić information content (AvgIpc) is 2.60. The molecular formula is C18H20N2O4. The average molecular weight is 328 g/mol. The van der Waals surface area contributed by atoms with Gasteiger partial charge in [0.15, 0.2) is 0 Å². The fraction of sp³-hybridized carbons (Fsp3) is 0.278. The third-order valence-electron chi connectivity index (χ3n) is 3.36. The normalized spacial score (nSPS) is 10.3. The highest BCUT2D eigenvalue weighted by Gasteiger charge is 2.22. The van der Waals surface area contributed by atoms with Gasteiger partial charge in [-0.25, -0.2) is 4.98 Å². The lowest BCUT2D eigenvalue weighted by Crippen LogP contribution is -2.41. The van der Waals surface area contributed by atoms with Gasteiger partial charge in [0.2, 0.25) is 5.88 Å². The molecule has 0 aliphatic carbocycles. The number of rotatable bonds is 6. The van der Waals surface area contributed by atoms with Gasteiger partial charge in [-0.1, -0.05) is 18.2 Å². The topological polar surface area (TPSA) is 68.7 Å². The fourth-order valence-electron chi connectivity index (χ4n) is 2.03. The van der Waals surface area contributed by atoms with Crippen LogP contribution in [0.1, 0.15) is 24.2 Å². The predicted octanol–water partition coefficient (Wildman–Crippen LogP) is 2.90. The zero-order chi connectivity index (χ0) is 17.5. The predicted molar refractivity (Wildman–Crippen MR) is 88.9 cm³/mol. The van der Waals surface area contributed by atoms with Crippen LogP contribution in [-0.2, 0) is 9.53 Å². The molecule has 1 aromatic heterocycles. The molecule has 0 aliphatic heterocycles. The van der Waals surface area contributed by atoms with E-state index in [1.807, 2.05) is 44.2 Å². The standard InChI is InChI=1S/C18H20N2O4/c1-13(2)20(12-17(21)23-3)18(22)14-9-10-16(19-11-14)24-15-7-5-4-6-8-15/h4-11,13H,12H2,1-3H3. The Balaban J connectivity index is 2.10. The molecule has 0 saturated carbocycles. The Morgan fingerprint density at radius 2 is 1.83 bits per heavy atom. The Bertz CT molecular complexity index is 684. The van der Waals surface area contributed by atoms with Gasteiger partial charge >= 0.3 is 5.97 Å². The van der Waals surface area contributed by atoms with Crippen molar-refractivity contribution in [3.05, 3.63) is 54.2 Å². The highest BCUT2D eigenvalue weighted by molar-refractivity contribution is 5.96. The number of hydrogen-bond donors (Lipinski definition) is 0. The summed E-state index contributed by atoms with van der Waals surface area (Å²) in [5.41, 5.74) is 0.382. The van der Waals surface area contributed by atoms with Gasteiger partial charge in [-0.2, -0.15) is 0 Å². The summed E-state index contributed by atoms with van der Waals surface area (Å²) in [5.74, 6) is 0.309. The van der Waals surface area contributed by atoms with Crippen LogP contribution in [0.5, 0.6) is 11.6 Å². The van der Waals surface area contributed by atoms with E-state index in [-0.39, 0.29) is 18.5 Å². The number of carbonyl (C=O) groups excluding carboxylic acids is 2. The number of amides is 1. The summed E-state index contributed by atoms with van der Waals surface area (Å²) in [7, 11) is 1.29. The molecule has 2 aromatic rings. The smallest absolute Gasteiger partial charge is 0.325 e. The van der Waals surface area contributed by atoms with Crippen molar-refractivity contribution >= 4 is 11.9 Å². The molecule has 0 aliphatic rings. The van der Waals surface area contributed by atoms with E-state index in [4.69, 9.17) is 4.74 Å². The van der Waals surface area contributed by atoms with Crippen LogP contribution < -0.4 is 4.74 Å². The minimum absolute atomic E-state index is 0.102. The van der Waals surface area contributed by atoms with Crippen molar-refractivity contribution in [1.29, 1.82) is 0 Å². The van der Waals surface area contributed by atoms with E-state index in [0.29, 0.717) is 17.2 Å². The maximum absolute atomic E-state index is 12.5. The van der Waals surface area contributed by atoms with Crippen LogP contribution in [0.2, 0.25) is 0 Å². The zero-order valence-electron chi connectivity index (χ0n) is 13.9. The van der Waals surface area contributed by atoms with Gasteiger partial charge in [-0.15, -0.1) is 0 Å². The third kappa shape index (κ3) is 4.55. The van der Waals surface area contributed by atoms with E-state index in [2.05, 4.69) is 9.72 Å². The molecule has 0 atom stereocenters. The van der Waals surface area contributed by atoms with Gasteiger partial charge in [0, 0.05) is 18.3 Å². The van der Waals surface area contributed by atoms with Crippen molar-refractivity contribution in [2.45, 2.75) is 19.9 Å². The second-order valence-electron chi connectivity index (χ2n) is 5.40. The van der Waals surface area contributed by atoms with E-state index in [1.165, 1.54) is 18.2 Å². The molecule has 0 bridgehead atoms. The molecule has 0 spiro atoms. The molecule has 0 fully saturated rings. The molecule has 24 heavy (non-hydrogen) atoms. The number of carbonyl (C=O) groups is 2. The number of esters is 1. The molecule has 1 aromatic carbocycles. The number of nitrogens with zero attached hydrogens (tertiary/aromatic N) is 2. The lowest BCUT2D eigenvalue weighted by atomic mass is 10.2. The maximum Gasteiger partial charge on any atom is 0.325 e. The molecule has 0 unspecified atom stereocenters. The summed E-state index contributed by atoms with van der Waals surface area (Å²) in [5, 5.41) is 0. The molecule has 2 rings (SSSR count). The third-order valence-corrected chi connectivity index (χ3v) is 3.36. The summed E-state index contributed by atoms with van der Waals surface area (Å²) < 4.78 is 10.2. The first kappa shape index (κ1) is 17.5. The van der Waals surface area contributed by atoms with Gasteiger partial charge in [0.1, 0.15) is 12.3 Å². The van der Waals surface area contributed by atoms with E-state index in [0.717, 1.165) is 0 Å². The van der Waals surface area contributed by atoms with Crippen LogP contribution in [0.15, 0.2) is 48.7 Å². The molecule has 6 nitrogen and oxygen atoms in total. The quantitative estimate of drug-likeness (QED) is 0.763. The summed E-state index contributed by atoms with van der Waals surface area (Å²) in [4.78, 5) is 29.6. The minimum atomic E-state index is -0.464. The van der Waals surface area contributed by atoms with E-state index in [1.54, 1.807) is 12.1 Å². The largest absolute Gasteiger partial charge is 0.468 e. The number of methoxy groups -OCH3 is 1. The molecule has 1 heterocycles. The molecule has 0 radical (unpaired) electrons. The first-order chi connectivity index (χ1) is 11.5. The second-order valence-corrected chi connectivity index (χ2v) is 5.40. The van der Waals surface area contributed by atoms with Crippen LogP contribution in [0, 0.1) is 0 Å². The molecular weight excluding hydrogens is 308 g/mol. The number of para-hydroxylation sites is 1. The zero-order valence-corrected chi connectivity index (χ0v) is 13.9. The Morgan fingerprint density at radius 3 is 2.38 bits per heavy atom. The number of ether oxygens (including phenoxy) is 2. The van der Waals surface area contributed by atoms with Gasteiger partial charge in [0.25, 0.3) is 5.91 Å². The minimum Gasteiger partial charge on any atom is -0.468 e. The monoisotopic (exact) mass is 328 g/mol. The van der Waals surface area contributed by atoms with Gasteiger partial charge in [-0.05, 0) is 32.0 Å². The van der Waals surface area contributed by atoms with Crippen LogP contribution in [0.25, 0.3) is 0 Å². The summed E-state index contributed by atoms with van der Waals surface area (Å²) in [6.07, 6.45) is 1.44. The summed E-state index contributed by atoms with van der Waals surface area (Å²) in [6.45, 7) is 3.57. The van der Waals surface area contributed by atoms with E-state index < -0.39 is 5.97 Å². The van der Waals surface area contributed by atoms with E-state index in [9.17, 15) is 9.59 Å². The molecule has 0 saturated heterocycles. The molecule has 1 amide bonds. The van der Waals surface area contributed by atoms with Crippen LogP contribution >= 0.6 is 0 Å². The van der Waals surface area contributed by atoms with Crippen LogP contribution in [-0.4, -0.2) is 41.5 Å². The fourth-order valence-corrected chi connectivity index (χ4v) is 2.03. The summed E-state index contributed by atoms with van der Waals surface area (Å²) in [6, 6.07) is 12.4. The Hall–Kier alpha value is -2.89. The van der Waals surface area contributed by atoms with E-state index >= 15 is 0 Å². The van der Waals surface area contributed by atoms with Crippen molar-refractivity contribution in [2.75, 3.05) is 13.7 Å². The molecule has 6 heteroatoms. The highest BCUT2D eigenvalue weighted by atomic mass is 16.5. The lowest BCUT2D eigenvalue weighted by molar-refractivity contribution is -0.141. The van der Waals surface area contributed by atoms with Crippen molar-refractivity contribution in [1.82, 2.24) is 9.88 Å². The highest BCUT2D eigenvalue weighted by Crippen LogP contribution is 2.19. The van der Waals surface area contributed by atoms with Crippen LogP contribution in [0.4, 0.5) is 0 Å². The Labute approximate surface area is 141 Å². The first-order valence-corrected chi connectivity index (χ1v) is 7.58. The van der Waals surface area contributed by atoms with Crippen molar-refractivity contribution in [3.63, 3.8) is 0 Å². The van der Waals surface area contributed by atoms with Gasteiger partial charge in [0.05, 0.1) is 12.7 Å². The molecule has 126 valence electrons. The SMILES string of the molecule is COC(=O)CN(C(=O)c1ccc(Oc2ccccc2)nc1)C(C)C.